The second kappa shape index (κ2) is 5.53. The molecule has 0 fully saturated rings. The molecule has 0 atom stereocenters. The standard InChI is InChI=1S/C12H12ClNO2/c1-3-8-5-11(13)9(4-10(8)7-14)6-12(15)16-2/h4-5H,3,6H2,1-2H3. The third kappa shape index (κ3) is 2.74. The molecule has 1 rings (SSSR count). The second-order valence-corrected chi connectivity index (χ2v) is 3.73. The van der Waals surface area contributed by atoms with E-state index in [4.69, 9.17) is 16.9 Å². The first-order valence-corrected chi connectivity index (χ1v) is 5.28. The summed E-state index contributed by atoms with van der Waals surface area (Å²) in [6.45, 7) is 1.95. The lowest BCUT2D eigenvalue weighted by Gasteiger charge is -2.07. The lowest BCUT2D eigenvalue weighted by Crippen LogP contribution is -2.06. The summed E-state index contributed by atoms with van der Waals surface area (Å²) < 4.78 is 4.56. The van der Waals surface area contributed by atoms with E-state index in [1.807, 2.05) is 6.92 Å². The minimum absolute atomic E-state index is 0.0913. The van der Waals surface area contributed by atoms with E-state index in [9.17, 15) is 4.79 Å². The topological polar surface area (TPSA) is 50.1 Å². The van der Waals surface area contributed by atoms with Crippen LogP contribution >= 0.6 is 11.6 Å². The number of benzene rings is 1. The predicted octanol–water partition coefficient (Wildman–Crippen LogP) is 2.49. The zero-order valence-corrected chi connectivity index (χ0v) is 9.97. The predicted molar refractivity (Wildman–Crippen MR) is 61.3 cm³/mol. The number of hydrogen-bond donors (Lipinski definition) is 0. The largest absolute Gasteiger partial charge is 0.469 e. The van der Waals surface area contributed by atoms with Gasteiger partial charge in [0.2, 0.25) is 0 Å². The third-order valence-corrected chi connectivity index (χ3v) is 2.69. The summed E-state index contributed by atoms with van der Waals surface area (Å²) in [5.74, 6) is -0.366. The van der Waals surface area contributed by atoms with E-state index in [1.54, 1.807) is 12.1 Å². The molecule has 0 heterocycles. The maximum absolute atomic E-state index is 11.1. The van der Waals surface area contributed by atoms with Crippen molar-refractivity contribution in [3.8, 4) is 6.07 Å². The van der Waals surface area contributed by atoms with Gasteiger partial charge in [-0.15, -0.1) is 0 Å². The molecule has 1 aromatic carbocycles. The summed E-state index contributed by atoms with van der Waals surface area (Å²) in [7, 11) is 1.32. The summed E-state index contributed by atoms with van der Waals surface area (Å²) in [6.07, 6.45) is 0.828. The Kier molecular flexibility index (Phi) is 4.33. The molecule has 84 valence electrons. The van der Waals surface area contributed by atoms with Gasteiger partial charge in [0.15, 0.2) is 0 Å². The van der Waals surface area contributed by atoms with Gasteiger partial charge in [-0.25, -0.2) is 0 Å². The van der Waals surface area contributed by atoms with E-state index < -0.39 is 0 Å². The van der Waals surface area contributed by atoms with Crippen LogP contribution in [0, 0.1) is 11.3 Å². The van der Waals surface area contributed by atoms with Crippen LogP contribution in [-0.4, -0.2) is 13.1 Å². The fourth-order valence-corrected chi connectivity index (χ4v) is 1.67. The van der Waals surface area contributed by atoms with Gasteiger partial charge in [0.1, 0.15) is 0 Å². The minimum Gasteiger partial charge on any atom is -0.469 e. The molecule has 0 bridgehead atoms. The highest BCUT2D eigenvalue weighted by atomic mass is 35.5. The minimum atomic E-state index is -0.366. The molecule has 0 saturated carbocycles. The van der Waals surface area contributed by atoms with Gasteiger partial charge in [-0.1, -0.05) is 18.5 Å². The summed E-state index contributed by atoms with van der Waals surface area (Å²) in [6, 6.07) is 5.48. The van der Waals surface area contributed by atoms with Crippen LogP contribution in [0.25, 0.3) is 0 Å². The molecule has 0 saturated heterocycles. The van der Waals surface area contributed by atoms with Gasteiger partial charge < -0.3 is 4.74 Å². The normalized spacial score (nSPS) is 9.62. The molecular weight excluding hydrogens is 226 g/mol. The number of ether oxygens (including phenoxy) is 1. The van der Waals surface area contributed by atoms with E-state index in [2.05, 4.69) is 10.8 Å². The SMILES string of the molecule is CCc1cc(Cl)c(CC(=O)OC)cc1C#N. The molecule has 3 nitrogen and oxygen atoms in total. The van der Waals surface area contributed by atoms with Crippen molar-refractivity contribution in [1.29, 1.82) is 5.26 Å². The van der Waals surface area contributed by atoms with Gasteiger partial charge in [0, 0.05) is 5.02 Å². The number of carbonyl (C=O) groups is 1. The number of aryl methyl sites for hydroxylation is 1. The quantitative estimate of drug-likeness (QED) is 0.759. The van der Waals surface area contributed by atoms with Crippen LogP contribution in [0.3, 0.4) is 0 Å². The second-order valence-electron chi connectivity index (χ2n) is 3.32. The summed E-state index contributed by atoms with van der Waals surface area (Å²) in [4.78, 5) is 11.1. The van der Waals surface area contributed by atoms with Crippen LogP contribution < -0.4 is 0 Å². The first-order valence-electron chi connectivity index (χ1n) is 4.90. The molecule has 0 unspecified atom stereocenters. The zero-order valence-electron chi connectivity index (χ0n) is 9.21. The van der Waals surface area contributed by atoms with Crippen LogP contribution in [0.1, 0.15) is 23.6 Å². The highest BCUT2D eigenvalue weighted by Crippen LogP contribution is 2.22. The molecular formula is C12H12ClNO2. The monoisotopic (exact) mass is 237 g/mol. The molecule has 0 radical (unpaired) electrons. The van der Waals surface area contributed by atoms with Crippen molar-refractivity contribution in [2.75, 3.05) is 7.11 Å². The van der Waals surface area contributed by atoms with Crippen molar-refractivity contribution >= 4 is 17.6 Å². The number of methoxy groups -OCH3 is 1. The van der Waals surface area contributed by atoms with Gasteiger partial charge in [0.05, 0.1) is 25.2 Å². The van der Waals surface area contributed by atoms with E-state index in [-0.39, 0.29) is 12.4 Å². The Balaban J connectivity index is 3.12. The van der Waals surface area contributed by atoms with Gasteiger partial charge in [-0.3, -0.25) is 4.79 Å². The molecule has 0 spiro atoms. The molecule has 0 amide bonds. The first-order chi connectivity index (χ1) is 7.62. The molecule has 1 aromatic rings. The first kappa shape index (κ1) is 12.5. The van der Waals surface area contributed by atoms with Crippen molar-refractivity contribution in [2.24, 2.45) is 0 Å². The Morgan fingerprint density at radius 2 is 2.19 bits per heavy atom. The van der Waals surface area contributed by atoms with Crippen molar-refractivity contribution in [1.82, 2.24) is 0 Å². The lowest BCUT2D eigenvalue weighted by molar-refractivity contribution is -0.139. The number of esters is 1. The van der Waals surface area contributed by atoms with Gasteiger partial charge in [0.25, 0.3) is 0 Å². The van der Waals surface area contributed by atoms with Crippen LogP contribution in [0.2, 0.25) is 5.02 Å². The average Bonchev–Trinajstić information content (AvgIpc) is 2.30. The molecule has 0 aliphatic rings. The van der Waals surface area contributed by atoms with Crippen LogP contribution in [-0.2, 0) is 22.4 Å². The highest BCUT2D eigenvalue weighted by molar-refractivity contribution is 6.31. The maximum Gasteiger partial charge on any atom is 0.310 e. The van der Waals surface area contributed by atoms with Gasteiger partial charge in [-0.05, 0) is 29.7 Å². The summed E-state index contributed by atoms with van der Waals surface area (Å²) in [5, 5.41) is 9.45. The zero-order chi connectivity index (χ0) is 12.1. The number of halogens is 1. The third-order valence-electron chi connectivity index (χ3n) is 2.34. The Morgan fingerprint density at radius 3 is 2.69 bits per heavy atom. The number of hydrogen-bond acceptors (Lipinski definition) is 3. The fraction of sp³-hybridized carbons (Fsp3) is 0.333. The van der Waals surface area contributed by atoms with Crippen LogP contribution in [0.15, 0.2) is 12.1 Å². The number of nitriles is 1. The van der Waals surface area contributed by atoms with Gasteiger partial charge >= 0.3 is 5.97 Å². The van der Waals surface area contributed by atoms with E-state index in [1.165, 1.54) is 7.11 Å². The fourth-order valence-electron chi connectivity index (χ4n) is 1.42. The Labute approximate surface area is 99.6 Å². The van der Waals surface area contributed by atoms with Crippen LogP contribution in [0.5, 0.6) is 0 Å². The maximum atomic E-state index is 11.1. The van der Waals surface area contributed by atoms with E-state index in [0.717, 1.165) is 12.0 Å². The molecule has 4 heteroatoms. The van der Waals surface area contributed by atoms with Crippen molar-refractivity contribution in [2.45, 2.75) is 19.8 Å². The lowest BCUT2D eigenvalue weighted by atomic mass is 10.0. The van der Waals surface area contributed by atoms with E-state index in [0.29, 0.717) is 16.1 Å². The molecule has 16 heavy (non-hydrogen) atoms. The van der Waals surface area contributed by atoms with E-state index >= 15 is 0 Å². The molecule has 0 aliphatic heterocycles. The smallest absolute Gasteiger partial charge is 0.310 e. The van der Waals surface area contributed by atoms with Crippen molar-refractivity contribution in [3.05, 3.63) is 33.8 Å². The highest BCUT2D eigenvalue weighted by Gasteiger charge is 2.11. The Bertz CT molecular complexity index is 449. The molecule has 0 N–H and O–H groups in total. The molecule has 0 aromatic heterocycles. The van der Waals surface area contributed by atoms with Gasteiger partial charge in [-0.2, -0.15) is 5.26 Å². The number of carbonyl (C=O) groups excluding carboxylic acids is 1. The van der Waals surface area contributed by atoms with Crippen molar-refractivity contribution < 1.29 is 9.53 Å². The number of nitrogens with zero attached hydrogens (tertiary/aromatic N) is 1. The summed E-state index contributed by atoms with van der Waals surface area (Å²) in [5.41, 5.74) is 2.08. The average molecular weight is 238 g/mol. The van der Waals surface area contributed by atoms with Crippen LogP contribution in [0.4, 0.5) is 0 Å². The summed E-state index contributed by atoms with van der Waals surface area (Å²) >= 11 is 6.02. The molecule has 0 aliphatic carbocycles. The Morgan fingerprint density at radius 1 is 1.50 bits per heavy atom. The number of rotatable bonds is 3. The van der Waals surface area contributed by atoms with Crippen molar-refractivity contribution in [3.63, 3.8) is 0 Å². The Hall–Kier alpha value is -1.53.